The minimum absolute atomic E-state index is 0.0722. The molecule has 0 unspecified atom stereocenters. The Kier molecular flexibility index (Phi) is 4.10. The van der Waals surface area contributed by atoms with E-state index in [9.17, 15) is 17.9 Å². The third-order valence-corrected chi connectivity index (χ3v) is 5.06. The summed E-state index contributed by atoms with van der Waals surface area (Å²) in [5.74, 6) is -0.217. The zero-order valence-corrected chi connectivity index (χ0v) is 11.7. The van der Waals surface area contributed by atoms with Gasteiger partial charge in [-0.2, -0.15) is 0 Å². The molecule has 106 valence electrons. The number of nitrogens with zero attached hydrogens (tertiary/aromatic N) is 1. The number of aliphatic hydroxyl groups excluding tert-OH is 1. The number of aliphatic hydroxyl groups is 1. The van der Waals surface area contributed by atoms with Crippen molar-refractivity contribution in [2.45, 2.75) is 19.4 Å². The molecule has 1 heterocycles. The molecule has 0 radical (unpaired) electrons. The molecule has 1 aromatic rings. The van der Waals surface area contributed by atoms with Crippen molar-refractivity contribution in [1.82, 2.24) is 0 Å². The highest BCUT2D eigenvalue weighted by molar-refractivity contribution is 7.91. The van der Waals surface area contributed by atoms with E-state index in [1.807, 2.05) is 4.90 Å². The van der Waals surface area contributed by atoms with Crippen LogP contribution in [0, 0.1) is 5.82 Å². The van der Waals surface area contributed by atoms with Crippen molar-refractivity contribution in [2.24, 2.45) is 0 Å². The van der Waals surface area contributed by atoms with Gasteiger partial charge >= 0.3 is 0 Å². The predicted octanol–water partition coefficient (Wildman–Crippen LogP) is 1.50. The maximum atomic E-state index is 13.8. The lowest BCUT2D eigenvalue weighted by Gasteiger charge is -2.26. The van der Waals surface area contributed by atoms with Crippen LogP contribution in [0.25, 0.3) is 0 Å². The van der Waals surface area contributed by atoms with Crippen molar-refractivity contribution in [3.05, 3.63) is 29.6 Å². The van der Waals surface area contributed by atoms with E-state index in [1.165, 1.54) is 13.0 Å². The second kappa shape index (κ2) is 5.46. The number of hydrogen-bond acceptors (Lipinski definition) is 4. The monoisotopic (exact) mass is 287 g/mol. The van der Waals surface area contributed by atoms with Crippen LogP contribution in [0.4, 0.5) is 10.1 Å². The van der Waals surface area contributed by atoms with Crippen LogP contribution in [0.1, 0.15) is 25.0 Å². The van der Waals surface area contributed by atoms with Crippen LogP contribution in [0.3, 0.4) is 0 Å². The van der Waals surface area contributed by atoms with Crippen LogP contribution in [0.15, 0.2) is 18.2 Å². The molecule has 0 saturated carbocycles. The molecule has 0 spiro atoms. The molecule has 1 N–H and O–H groups in total. The zero-order valence-electron chi connectivity index (χ0n) is 10.8. The van der Waals surface area contributed by atoms with Crippen molar-refractivity contribution < 1.29 is 17.9 Å². The standard InChI is InChI=1S/C13H18FNO3S/c1-10(16)13-11(14)4-2-5-12(13)15-6-3-8-19(17,18)9-7-15/h2,4-5,10,16H,3,6-9H2,1H3/t10-/m0/s1. The predicted molar refractivity (Wildman–Crippen MR) is 72.5 cm³/mol. The highest BCUT2D eigenvalue weighted by atomic mass is 32.2. The summed E-state index contributed by atoms with van der Waals surface area (Å²) in [5, 5.41) is 9.70. The highest BCUT2D eigenvalue weighted by Gasteiger charge is 2.23. The highest BCUT2D eigenvalue weighted by Crippen LogP contribution is 2.29. The van der Waals surface area contributed by atoms with Gasteiger partial charge in [-0.15, -0.1) is 0 Å². The van der Waals surface area contributed by atoms with Gasteiger partial charge in [-0.05, 0) is 25.5 Å². The van der Waals surface area contributed by atoms with E-state index in [2.05, 4.69) is 0 Å². The summed E-state index contributed by atoms with van der Waals surface area (Å²) in [4.78, 5) is 1.84. The molecule has 1 aliphatic heterocycles. The van der Waals surface area contributed by atoms with Crippen LogP contribution >= 0.6 is 0 Å². The van der Waals surface area contributed by atoms with Crippen molar-refractivity contribution in [2.75, 3.05) is 29.5 Å². The fourth-order valence-electron chi connectivity index (χ4n) is 2.39. The lowest BCUT2D eigenvalue weighted by molar-refractivity contribution is 0.194. The van der Waals surface area contributed by atoms with E-state index < -0.39 is 21.8 Å². The van der Waals surface area contributed by atoms with Gasteiger partial charge in [0.05, 0.1) is 17.6 Å². The number of sulfone groups is 1. The Morgan fingerprint density at radius 2 is 2.05 bits per heavy atom. The van der Waals surface area contributed by atoms with Gasteiger partial charge < -0.3 is 10.0 Å². The quantitative estimate of drug-likeness (QED) is 0.895. The molecule has 19 heavy (non-hydrogen) atoms. The first-order chi connectivity index (χ1) is 8.91. The maximum absolute atomic E-state index is 13.8. The van der Waals surface area contributed by atoms with Gasteiger partial charge in [0.15, 0.2) is 9.84 Å². The number of halogens is 1. The van der Waals surface area contributed by atoms with E-state index in [0.717, 1.165) is 0 Å². The molecule has 0 amide bonds. The Labute approximate surface area is 112 Å². The molecular weight excluding hydrogens is 269 g/mol. The summed E-state index contributed by atoms with van der Waals surface area (Å²) < 4.78 is 37.0. The van der Waals surface area contributed by atoms with Gasteiger partial charge in [-0.1, -0.05) is 6.07 Å². The van der Waals surface area contributed by atoms with Gasteiger partial charge in [0.1, 0.15) is 5.82 Å². The van der Waals surface area contributed by atoms with Crippen LogP contribution in [-0.2, 0) is 9.84 Å². The molecule has 2 rings (SSSR count). The van der Waals surface area contributed by atoms with Crippen LogP contribution in [0.5, 0.6) is 0 Å². The Morgan fingerprint density at radius 3 is 2.74 bits per heavy atom. The molecule has 1 saturated heterocycles. The first-order valence-electron chi connectivity index (χ1n) is 6.32. The van der Waals surface area contributed by atoms with Gasteiger partial charge in [-0.25, -0.2) is 12.8 Å². The minimum atomic E-state index is -3.00. The van der Waals surface area contributed by atoms with Crippen molar-refractivity contribution >= 4 is 15.5 Å². The first-order valence-corrected chi connectivity index (χ1v) is 8.15. The Bertz CT molecular complexity index is 557. The molecule has 1 aliphatic rings. The summed E-state index contributed by atoms with van der Waals surface area (Å²) in [7, 11) is -3.00. The molecule has 0 bridgehead atoms. The van der Waals surface area contributed by atoms with Gasteiger partial charge in [0.2, 0.25) is 0 Å². The summed E-state index contributed by atoms with van der Waals surface area (Å²) in [6, 6.07) is 4.61. The molecule has 1 atom stereocenters. The van der Waals surface area contributed by atoms with Gasteiger partial charge in [0, 0.05) is 24.3 Å². The van der Waals surface area contributed by atoms with Crippen LogP contribution < -0.4 is 4.90 Å². The Hall–Kier alpha value is -1.14. The Morgan fingerprint density at radius 1 is 1.32 bits per heavy atom. The fourth-order valence-corrected chi connectivity index (χ4v) is 3.67. The molecule has 6 heteroatoms. The average molecular weight is 287 g/mol. The molecule has 0 aliphatic carbocycles. The van der Waals surface area contributed by atoms with Gasteiger partial charge in [-0.3, -0.25) is 0 Å². The van der Waals surface area contributed by atoms with Crippen LogP contribution in [0.2, 0.25) is 0 Å². The summed E-state index contributed by atoms with van der Waals surface area (Å²) >= 11 is 0. The third kappa shape index (κ3) is 3.25. The second-order valence-electron chi connectivity index (χ2n) is 4.84. The smallest absolute Gasteiger partial charge is 0.152 e. The first kappa shape index (κ1) is 14.3. The number of rotatable bonds is 2. The van der Waals surface area contributed by atoms with E-state index in [-0.39, 0.29) is 17.1 Å². The van der Waals surface area contributed by atoms with Crippen LogP contribution in [-0.4, -0.2) is 38.1 Å². The molecule has 4 nitrogen and oxygen atoms in total. The zero-order chi connectivity index (χ0) is 14.0. The van der Waals surface area contributed by atoms with E-state index in [4.69, 9.17) is 0 Å². The molecular formula is C13H18FNO3S. The van der Waals surface area contributed by atoms with E-state index >= 15 is 0 Å². The normalized spacial score (nSPS) is 20.9. The number of anilines is 1. The van der Waals surface area contributed by atoms with E-state index in [0.29, 0.717) is 25.2 Å². The van der Waals surface area contributed by atoms with Crippen molar-refractivity contribution in [1.29, 1.82) is 0 Å². The largest absolute Gasteiger partial charge is 0.389 e. The lowest BCUT2D eigenvalue weighted by atomic mass is 10.1. The van der Waals surface area contributed by atoms with E-state index in [1.54, 1.807) is 12.1 Å². The van der Waals surface area contributed by atoms with Crippen molar-refractivity contribution in [3.63, 3.8) is 0 Å². The fraction of sp³-hybridized carbons (Fsp3) is 0.538. The molecule has 1 aromatic carbocycles. The average Bonchev–Trinajstić information content (AvgIpc) is 2.49. The lowest BCUT2D eigenvalue weighted by Crippen LogP contribution is -2.28. The maximum Gasteiger partial charge on any atom is 0.152 e. The second-order valence-corrected chi connectivity index (χ2v) is 7.14. The summed E-state index contributed by atoms with van der Waals surface area (Å²) in [6.45, 7) is 2.41. The topological polar surface area (TPSA) is 57.6 Å². The summed E-state index contributed by atoms with van der Waals surface area (Å²) in [6.07, 6.45) is -0.394. The minimum Gasteiger partial charge on any atom is -0.389 e. The molecule has 0 aromatic heterocycles. The molecule has 1 fully saturated rings. The number of hydrogen-bond donors (Lipinski definition) is 1. The van der Waals surface area contributed by atoms with Gasteiger partial charge in [0.25, 0.3) is 0 Å². The third-order valence-electron chi connectivity index (χ3n) is 3.34. The SMILES string of the molecule is C[C@H](O)c1c(F)cccc1N1CCCS(=O)(=O)CC1. The number of benzene rings is 1. The summed E-state index contributed by atoms with van der Waals surface area (Å²) in [5.41, 5.74) is 0.828. The Balaban J connectivity index is 2.34. The van der Waals surface area contributed by atoms with Crippen molar-refractivity contribution in [3.8, 4) is 0 Å².